The first kappa shape index (κ1) is 15.2. The molecule has 110 valence electrons. The Morgan fingerprint density at radius 3 is 2.62 bits per heavy atom. The number of nitrogens with one attached hydrogen (secondary N) is 1. The Hall–Kier alpha value is -2.16. The molecular weight excluding hydrogens is 260 g/mol. The molecule has 3 nitrogen and oxygen atoms in total. The molecule has 21 heavy (non-hydrogen) atoms. The third-order valence-electron chi connectivity index (χ3n) is 3.61. The van der Waals surface area contributed by atoms with Crippen LogP contribution in [0.1, 0.15) is 48.3 Å². The number of carbonyl (C=O) groups excluding carboxylic acids is 1. The predicted octanol–water partition coefficient (Wildman–Crippen LogP) is 3.79. The van der Waals surface area contributed by atoms with E-state index in [4.69, 9.17) is 0 Å². The smallest absolute Gasteiger partial charge is 0.252 e. The van der Waals surface area contributed by atoms with Gasteiger partial charge in [0.2, 0.25) is 0 Å². The second kappa shape index (κ2) is 6.53. The summed E-state index contributed by atoms with van der Waals surface area (Å²) in [6.07, 6.45) is 2.85. The molecule has 0 unspecified atom stereocenters. The van der Waals surface area contributed by atoms with Crippen LogP contribution in [0.3, 0.4) is 0 Å². The molecule has 1 aromatic carbocycles. The van der Waals surface area contributed by atoms with E-state index >= 15 is 0 Å². The Balaban J connectivity index is 2.53. The number of aromatic nitrogens is 1. The summed E-state index contributed by atoms with van der Waals surface area (Å²) >= 11 is 0. The lowest BCUT2D eigenvalue weighted by Gasteiger charge is -2.13. The van der Waals surface area contributed by atoms with Gasteiger partial charge in [-0.2, -0.15) is 0 Å². The largest absolute Gasteiger partial charge is 0.355 e. The summed E-state index contributed by atoms with van der Waals surface area (Å²) in [4.78, 5) is 16.6. The maximum absolute atomic E-state index is 12.1. The Labute approximate surface area is 126 Å². The van der Waals surface area contributed by atoms with Crippen molar-refractivity contribution >= 4 is 5.91 Å². The van der Waals surface area contributed by atoms with Gasteiger partial charge < -0.3 is 5.32 Å². The van der Waals surface area contributed by atoms with E-state index < -0.39 is 0 Å². The molecule has 2 aromatic rings. The van der Waals surface area contributed by atoms with Crippen LogP contribution in [-0.2, 0) is 6.42 Å². The molecule has 1 N–H and O–H groups in total. The summed E-state index contributed by atoms with van der Waals surface area (Å²) in [7, 11) is 1.65. The van der Waals surface area contributed by atoms with Crippen LogP contribution in [0.2, 0.25) is 0 Å². The maximum atomic E-state index is 12.1. The summed E-state index contributed by atoms with van der Waals surface area (Å²) in [5.74, 6) is 0.132. The molecule has 1 amide bonds. The average Bonchev–Trinajstić information content (AvgIpc) is 2.53. The minimum atomic E-state index is -0.0836. The second-order valence-corrected chi connectivity index (χ2v) is 5.44. The van der Waals surface area contributed by atoms with Gasteiger partial charge in [0.15, 0.2) is 0 Å². The fourth-order valence-electron chi connectivity index (χ4n) is 2.38. The lowest BCUT2D eigenvalue weighted by molar-refractivity contribution is 0.0961. The molecule has 0 bridgehead atoms. The molecule has 0 fully saturated rings. The van der Waals surface area contributed by atoms with Gasteiger partial charge in [-0.3, -0.25) is 9.78 Å². The zero-order chi connectivity index (χ0) is 15.4. The molecule has 0 aliphatic heterocycles. The van der Waals surface area contributed by atoms with Crippen LogP contribution in [0.15, 0.2) is 36.5 Å². The van der Waals surface area contributed by atoms with Gasteiger partial charge in [0.1, 0.15) is 0 Å². The van der Waals surface area contributed by atoms with E-state index in [1.165, 1.54) is 5.56 Å². The van der Waals surface area contributed by atoms with E-state index in [0.29, 0.717) is 5.56 Å². The molecule has 0 saturated heterocycles. The van der Waals surface area contributed by atoms with Gasteiger partial charge in [0, 0.05) is 18.8 Å². The van der Waals surface area contributed by atoms with E-state index in [0.717, 1.165) is 23.2 Å². The summed E-state index contributed by atoms with van der Waals surface area (Å²) in [6, 6.07) is 10.3. The number of hydrogen-bond donors (Lipinski definition) is 1. The highest BCUT2D eigenvalue weighted by Gasteiger charge is 2.15. The number of pyridine rings is 1. The molecule has 0 saturated carbocycles. The van der Waals surface area contributed by atoms with Gasteiger partial charge >= 0.3 is 0 Å². The Morgan fingerprint density at radius 2 is 2.00 bits per heavy atom. The molecule has 0 radical (unpaired) electrons. The van der Waals surface area contributed by atoms with Gasteiger partial charge in [-0.05, 0) is 29.5 Å². The van der Waals surface area contributed by atoms with Crippen molar-refractivity contribution in [3.63, 3.8) is 0 Å². The van der Waals surface area contributed by atoms with Gasteiger partial charge in [-0.25, -0.2) is 0 Å². The minimum absolute atomic E-state index is 0.0836. The number of amides is 1. The molecule has 0 aliphatic carbocycles. The van der Waals surface area contributed by atoms with Crippen molar-refractivity contribution in [2.24, 2.45) is 0 Å². The fraction of sp³-hybridized carbons (Fsp3) is 0.333. The summed E-state index contributed by atoms with van der Waals surface area (Å²) < 4.78 is 0. The Bertz CT molecular complexity index is 647. The van der Waals surface area contributed by atoms with Crippen molar-refractivity contribution < 1.29 is 4.79 Å². The average molecular weight is 282 g/mol. The topological polar surface area (TPSA) is 42.0 Å². The summed E-state index contributed by atoms with van der Waals surface area (Å²) in [5.41, 5.74) is 4.86. The van der Waals surface area contributed by atoms with E-state index in [1.807, 2.05) is 32.2 Å². The normalized spacial score (nSPS) is 10.7. The third-order valence-corrected chi connectivity index (χ3v) is 3.61. The quantitative estimate of drug-likeness (QED) is 0.927. The zero-order valence-electron chi connectivity index (χ0n) is 13.1. The standard InChI is InChI=1S/C18H22N2O/c1-5-13-7-6-8-14(9-13)15-10-16(18(21)19-4)17(12(2)3)20-11-15/h6-12H,5H2,1-4H3,(H,19,21). The maximum Gasteiger partial charge on any atom is 0.252 e. The third kappa shape index (κ3) is 3.30. The van der Waals surface area contributed by atoms with E-state index in [9.17, 15) is 4.79 Å². The predicted molar refractivity (Wildman–Crippen MR) is 86.5 cm³/mol. The van der Waals surface area contributed by atoms with Crippen molar-refractivity contribution in [2.75, 3.05) is 7.05 Å². The molecule has 0 aliphatic rings. The highest BCUT2D eigenvalue weighted by atomic mass is 16.1. The highest BCUT2D eigenvalue weighted by Crippen LogP contribution is 2.25. The molecular formula is C18H22N2O. The molecule has 2 rings (SSSR count). The lowest BCUT2D eigenvalue weighted by Crippen LogP contribution is -2.20. The second-order valence-electron chi connectivity index (χ2n) is 5.44. The SMILES string of the molecule is CCc1cccc(-c2cnc(C(C)C)c(C(=O)NC)c2)c1. The highest BCUT2D eigenvalue weighted by molar-refractivity contribution is 5.96. The molecule has 0 atom stereocenters. The number of benzene rings is 1. The Morgan fingerprint density at radius 1 is 1.24 bits per heavy atom. The Kier molecular flexibility index (Phi) is 4.73. The number of hydrogen-bond acceptors (Lipinski definition) is 2. The molecule has 1 aromatic heterocycles. The first-order valence-corrected chi connectivity index (χ1v) is 7.38. The first-order valence-electron chi connectivity index (χ1n) is 7.38. The number of rotatable bonds is 4. The van der Waals surface area contributed by atoms with Crippen LogP contribution in [0, 0.1) is 0 Å². The van der Waals surface area contributed by atoms with Crippen LogP contribution in [0.25, 0.3) is 11.1 Å². The minimum Gasteiger partial charge on any atom is -0.355 e. The van der Waals surface area contributed by atoms with Gasteiger partial charge in [0.05, 0.1) is 11.3 Å². The monoisotopic (exact) mass is 282 g/mol. The van der Waals surface area contributed by atoms with Gasteiger partial charge in [-0.15, -0.1) is 0 Å². The summed E-state index contributed by atoms with van der Waals surface area (Å²) in [5, 5.41) is 2.70. The fourth-order valence-corrected chi connectivity index (χ4v) is 2.38. The van der Waals surface area contributed by atoms with Gasteiger partial charge in [-0.1, -0.05) is 45.0 Å². The van der Waals surface area contributed by atoms with Crippen molar-refractivity contribution in [1.82, 2.24) is 10.3 Å². The number of carbonyl (C=O) groups is 1. The molecule has 0 spiro atoms. The molecule has 3 heteroatoms. The van der Waals surface area contributed by atoms with Crippen molar-refractivity contribution in [3.05, 3.63) is 53.3 Å². The van der Waals surface area contributed by atoms with E-state index in [1.54, 1.807) is 7.05 Å². The van der Waals surface area contributed by atoms with Crippen molar-refractivity contribution in [3.8, 4) is 11.1 Å². The van der Waals surface area contributed by atoms with Crippen LogP contribution in [0.4, 0.5) is 0 Å². The zero-order valence-corrected chi connectivity index (χ0v) is 13.1. The number of aryl methyl sites for hydroxylation is 1. The first-order chi connectivity index (χ1) is 10.1. The lowest BCUT2D eigenvalue weighted by atomic mass is 9.97. The summed E-state index contributed by atoms with van der Waals surface area (Å²) in [6.45, 7) is 6.23. The number of nitrogens with zero attached hydrogens (tertiary/aromatic N) is 1. The van der Waals surface area contributed by atoms with Crippen molar-refractivity contribution in [1.29, 1.82) is 0 Å². The van der Waals surface area contributed by atoms with E-state index in [-0.39, 0.29) is 11.8 Å². The van der Waals surface area contributed by atoms with Crippen LogP contribution < -0.4 is 5.32 Å². The van der Waals surface area contributed by atoms with E-state index in [2.05, 4.69) is 35.4 Å². The van der Waals surface area contributed by atoms with Crippen LogP contribution in [0.5, 0.6) is 0 Å². The van der Waals surface area contributed by atoms with Gasteiger partial charge in [0.25, 0.3) is 5.91 Å². The van der Waals surface area contributed by atoms with Crippen LogP contribution >= 0.6 is 0 Å². The molecule has 1 heterocycles. The van der Waals surface area contributed by atoms with Crippen LogP contribution in [-0.4, -0.2) is 17.9 Å². The van der Waals surface area contributed by atoms with Crippen molar-refractivity contribution in [2.45, 2.75) is 33.1 Å².